The van der Waals surface area contributed by atoms with Gasteiger partial charge in [-0.25, -0.2) is 9.13 Å². The Morgan fingerprint density at radius 1 is 0.739 bits per heavy atom. The number of rotatable bonds is 15. The van der Waals surface area contributed by atoms with Gasteiger partial charge in [-0.3, -0.25) is 0 Å². The number of aromatic nitrogens is 2. The van der Waals surface area contributed by atoms with E-state index >= 15 is 0 Å². The summed E-state index contributed by atoms with van der Waals surface area (Å²) >= 11 is 0. The van der Waals surface area contributed by atoms with E-state index in [1.807, 2.05) is 0 Å². The third-order valence-corrected chi connectivity index (χ3v) is 4.94. The first kappa shape index (κ1) is 20.3. The van der Waals surface area contributed by atoms with Crippen LogP contribution in [0.4, 0.5) is 0 Å². The molecule has 0 aliphatic carbocycles. The minimum Gasteiger partial charge on any atom is -0.235 e. The van der Waals surface area contributed by atoms with Crippen LogP contribution in [-0.4, -0.2) is 4.57 Å². The highest BCUT2D eigenvalue weighted by Crippen LogP contribution is 2.11. The number of unbranched alkanes of at least 4 members (excludes halogenated alkanes) is 10. The minimum atomic E-state index is 1.11. The van der Waals surface area contributed by atoms with Gasteiger partial charge in [0, 0.05) is 6.42 Å². The largest absolute Gasteiger partial charge is 0.256 e. The number of imidazole rings is 1. The Hall–Kier alpha value is -0.790. The zero-order valence-electron chi connectivity index (χ0n) is 16.2. The normalized spacial score (nSPS) is 11.3. The zero-order valence-corrected chi connectivity index (χ0v) is 16.2. The summed E-state index contributed by atoms with van der Waals surface area (Å²) in [6.45, 7) is 9.16. The van der Waals surface area contributed by atoms with E-state index in [0.29, 0.717) is 0 Å². The van der Waals surface area contributed by atoms with Gasteiger partial charge in [0.2, 0.25) is 0 Å². The second kappa shape index (κ2) is 13.6. The fraction of sp³-hybridized carbons (Fsp3) is 0.857. The first-order valence-electron chi connectivity index (χ1n) is 10.4. The lowest BCUT2D eigenvalue weighted by Gasteiger charge is -2.05. The maximum absolute atomic E-state index is 2.52. The first-order valence-corrected chi connectivity index (χ1v) is 10.4. The molecule has 0 unspecified atom stereocenters. The Kier molecular flexibility index (Phi) is 12.0. The van der Waals surface area contributed by atoms with Crippen molar-refractivity contribution in [3.63, 3.8) is 0 Å². The lowest BCUT2D eigenvalue weighted by atomic mass is 10.1. The summed E-state index contributed by atoms with van der Waals surface area (Å²) in [5, 5.41) is 0. The first-order chi connectivity index (χ1) is 11.3. The molecule has 0 atom stereocenters. The van der Waals surface area contributed by atoms with E-state index in [9.17, 15) is 0 Å². The molecule has 1 aromatic heterocycles. The van der Waals surface area contributed by atoms with Crippen LogP contribution in [0.5, 0.6) is 0 Å². The fourth-order valence-corrected chi connectivity index (χ4v) is 3.40. The average Bonchev–Trinajstić information content (AvgIpc) is 2.96. The van der Waals surface area contributed by atoms with Crippen molar-refractivity contribution in [2.75, 3.05) is 0 Å². The molecule has 0 aromatic carbocycles. The summed E-state index contributed by atoms with van der Waals surface area (Å²) < 4.78 is 4.97. The summed E-state index contributed by atoms with van der Waals surface area (Å²) in [7, 11) is 0. The average molecular weight is 322 g/mol. The third-order valence-electron chi connectivity index (χ3n) is 4.94. The molecule has 0 fully saturated rings. The highest BCUT2D eigenvalue weighted by atomic mass is 15.1. The molecule has 1 heterocycles. The Balaban J connectivity index is 2.30. The van der Waals surface area contributed by atoms with E-state index in [0.717, 1.165) is 6.54 Å². The van der Waals surface area contributed by atoms with Gasteiger partial charge in [-0.2, -0.15) is 0 Å². The molecule has 134 valence electrons. The number of hydrogen-bond acceptors (Lipinski definition) is 0. The number of hydrogen-bond donors (Lipinski definition) is 0. The topological polar surface area (TPSA) is 8.81 Å². The minimum absolute atomic E-state index is 1.11. The van der Waals surface area contributed by atoms with Crippen molar-refractivity contribution < 1.29 is 4.57 Å². The van der Waals surface area contributed by atoms with Crippen LogP contribution in [0, 0.1) is 0 Å². The molecule has 0 bridgehead atoms. The van der Waals surface area contributed by atoms with Crippen LogP contribution in [0.3, 0.4) is 0 Å². The quantitative estimate of drug-likeness (QED) is 0.274. The van der Waals surface area contributed by atoms with Crippen LogP contribution in [0.1, 0.15) is 104 Å². The fourth-order valence-electron chi connectivity index (χ4n) is 3.40. The Bertz CT molecular complexity index is 381. The van der Waals surface area contributed by atoms with Crippen LogP contribution in [-0.2, 0) is 19.5 Å². The Morgan fingerprint density at radius 3 is 1.91 bits per heavy atom. The van der Waals surface area contributed by atoms with Crippen molar-refractivity contribution in [2.45, 2.75) is 117 Å². The van der Waals surface area contributed by atoms with Crippen molar-refractivity contribution in [2.24, 2.45) is 0 Å². The summed E-state index contributed by atoms with van der Waals surface area (Å²) in [4.78, 5) is 0. The van der Waals surface area contributed by atoms with Crippen molar-refractivity contribution in [3.8, 4) is 0 Å². The zero-order chi connectivity index (χ0) is 16.8. The van der Waals surface area contributed by atoms with Gasteiger partial charge in [0.05, 0.1) is 13.1 Å². The summed E-state index contributed by atoms with van der Waals surface area (Å²) in [5.74, 6) is 1.55. The molecule has 2 heteroatoms. The maximum atomic E-state index is 2.52. The monoisotopic (exact) mass is 321 g/mol. The van der Waals surface area contributed by atoms with Gasteiger partial charge in [0.15, 0.2) is 0 Å². The van der Waals surface area contributed by atoms with Gasteiger partial charge >= 0.3 is 0 Å². The van der Waals surface area contributed by atoms with Gasteiger partial charge in [-0.1, -0.05) is 71.6 Å². The van der Waals surface area contributed by atoms with Gasteiger partial charge in [-0.15, -0.1) is 0 Å². The van der Waals surface area contributed by atoms with Crippen molar-refractivity contribution in [3.05, 3.63) is 18.2 Å². The van der Waals surface area contributed by atoms with Crippen LogP contribution in [0.2, 0.25) is 0 Å². The highest BCUT2D eigenvalue weighted by Gasteiger charge is 2.15. The molecule has 0 aliphatic heterocycles. The molecule has 0 saturated carbocycles. The molecule has 1 rings (SSSR count). The van der Waals surface area contributed by atoms with Crippen molar-refractivity contribution >= 4 is 0 Å². The second-order valence-corrected chi connectivity index (χ2v) is 6.98. The molecule has 0 radical (unpaired) electrons. The van der Waals surface area contributed by atoms with Crippen molar-refractivity contribution in [1.29, 1.82) is 0 Å². The van der Waals surface area contributed by atoms with E-state index in [4.69, 9.17) is 0 Å². The lowest BCUT2D eigenvalue weighted by Crippen LogP contribution is -2.36. The SMILES string of the molecule is CCCCCCCCc1n(CCCCCCCC)cc[n+]1CC. The highest BCUT2D eigenvalue weighted by molar-refractivity contribution is 4.84. The van der Waals surface area contributed by atoms with E-state index in [2.05, 4.69) is 42.3 Å². The lowest BCUT2D eigenvalue weighted by molar-refractivity contribution is -0.700. The van der Waals surface area contributed by atoms with Gasteiger partial charge in [0.1, 0.15) is 12.4 Å². The molecule has 2 nitrogen and oxygen atoms in total. The van der Waals surface area contributed by atoms with Gasteiger partial charge in [-0.05, 0) is 26.2 Å². The van der Waals surface area contributed by atoms with Gasteiger partial charge in [0.25, 0.3) is 5.82 Å². The van der Waals surface area contributed by atoms with Gasteiger partial charge < -0.3 is 0 Å². The Morgan fingerprint density at radius 2 is 1.30 bits per heavy atom. The molecule has 0 saturated heterocycles. The molecular weight excluding hydrogens is 280 g/mol. The predicted molar refractivity (Wildman–Crippen MR) is 101 cm³/mol. The molecule has 0 spiro atoms. The number of nitrogens with zero attached hydrogens (tertiary/aromatic N) is 2. The third kappa shape index (κ3) is 8.58. The molecule has 23 heavy (non-hydrogen) atoms. The molecule has 0 N–H and O–H groups in total. The molecule has 0 amide bonds. The Labute approximate surface area is 145 Å². The van der Waals surface area contributed by atoms with Crippen LogP contribution in [0.25, 0.3) is 0 Å². The smallest absolute Gasteiger partial charge is 0.235 e. The molecular formula is C21H41N2+. The van der Waals surface area contributed by atoms with Crippen LogP contribution >= 0.6 is 0 Å². The van der Waals surface area contributed by atoms with E-state index in [1.54, 1.807) is 5.82 Å². The second-order valence-electron chi connectivity index (χ2n) is 6.98. The summed E-state index contributed by atoms with van der Waals surface area (Å²) in [5.41, 5.74) is 0. The van der Waals surface area contributed by atoms with Crippen molar-refractivity contribution in [1.82, 2.24) is 4.57 Å². The molecule has 0 aliphatic rings. The predicted octanol–water partition coefficient (Wildman–Crippen LogP) is 6.06. The maximum Gasteiger partial charge on any atom is 0.256 e. The summed E-state index contributed by atoms with van der Waals surface area (Å²) in [6.07, 6.45) is 22.5. The number of aryl methyl sites for hydroxylation is 2. The van der Waals surface area contributed by atoms with E-state index in [1.165, 1.54) is 90.0 Å². The van der Waals surface area contributed by atoms with Crippen LogP contribution < -0.4 is 4.57 Å². The standard InChI is InChI=1S/C21H41N2/c1-4-7-9-11-13-15-17-21-22(6-3)19-20-23(21)18-16-14-12-10-8-5-2/h19-20H,4-18H2,1-3H3/q+1. The van der Waals surface area contributed by atoms with E-state index in [-0.39, 0.29) is 0 Å². The van der Waals surface area contributed by atoms with E-state index < -0.39 is 0 Å². The van der Waals surface area contributed by atoms with Crippen LogP contribution in [0.15, 0.2) is 12.4 Å². The molecule has 1 aromatic rings. The summed E-state index contributed by atoms with van der Waals surface area (Å²) in [6, 6.07) is 0.